The van der Waals surface area contributed by atoms with Crippen LogP contribution in [0.3, 0.4) is 0 Å². The number of hydrogen-bond donors (Lipinski definition) is 2. The highest BCUT2D eigenvalue weighted by Crippen LogP contribution is 2.26. The topological polar surface area (TPSA) is 69.6 Å². The van der Waals surface area contributed by atoms with Crippen LogP contribution in [0, 0.1) is 0 Å². The Hall–Kier alpha value is -2.53. The molecule has 0 aromatic heterocycles. The minimum Gasteiger partial charge on any atom is -0.508 e. The molecule has 22 heavy (non-hydrogen) atoms. The third-order valence-electron chi connectivity index (χ3n) is 3.42. The lowest BCUT2D eigenvalue weighted by Crippen LogP contribution is -2.34. The second-order valence-electron chi connectivity index (χ2n) is 5.00. The predicted octanol–water partition coefficient (Wildman–Crippen LogP) is 2.79. The minimum atomic E-state index is -0.625. The number of rotatable bonds is 3. The number of halogens is 1. The number of amides is 2. The zero-order valence-corrected chi connectivity index (χ0v) is 12.2. The first-order chi connectivity index (χ1) is 10.5. The molecule has 0 spiro atoms. The molecule has 0 radical (unpaired) electrons. The number of phenolic OH excluding ortho intramolecular Hbond substituents is 1. The summed E-state index contributed by atoms with van der Waals surface area (Å²) in [6, 6.07) is 12.3. The van der Waals surface area contributed by atoms with Gasteiger partial charge in [0.15, 0.2) is 0 Å². The first-order valence-electron chi connectivity index (χ1n) is 6.72. The molecule has 1 aliphatic heterocycles. The molecular weight excluding hydrogens is 304 g/mol. The predicted molar refractivity (Wildman–Crippen MR) is 84.1 cm³/mol. The van der Waals surface area contributed by atoms with Crippen LogP contribution in [0.5, 0.6) is 5.75 Å². The van der Waals surface area contributed by atoms with E-state index in [1.807, 2.05) is 0 Å². The van der Waals surface area contributed by atoms with E-state index < -0.39 is 6.04 Å². The summed E-state index contributed by atoms with van der Waals surface area (Å²) in [5.41, 5.74) is 1.13. The van der Waals surface area contributed by atoms with Gasteiger partial charge in [-0.2, -0.15) is 0 Å². The lowest BCUT2D eigenvalue weighted by atomic mass is 10.2. The number of phenols is 1. The van der Waals surface area contributed by atoms with Gasteiger partial charge in [-0.3, -0.25) is 9.59 Å². The fraction of sp³-hybridized carbons (Fsp3) is 0.125. The fourth-order valence-corrected chi connectivity index (χ4v) is 2.59. The number of nitrogens with one attached hydrogen (secondary N) is 1. The van der Waals surface area contributed by atoms with E-state index in [9.17, 15) is 14.7 Å². The number of carbonyl (C=O) groups is 2. The zero-order chi connectivity index (χ0) is 15.7. The van der Waals surface area contributed by atoms with Gasteiger partial charge in [-0.15, -0.1) is 0 Å². The van der Waals surface area contributed by atoms with Crippen LogP contribution in [0.1, 0.15) is 6.42 Å². The lowest BCUT2D eigenvalue weighted by Gasteiger charge is -2.16. The third kappa shape index (κ3) is 2.76. The molecule has 0 aliphatic carbocycles. The maximum Gasteiger partial charge on any atom is 0.256 e. The highest BCUT2D eigenvalue weighted by atomic mass is 35.5. The van der Waals surface area contributed by atoms with Crippen LogP contribution in [-0.2, 0) is 9.59 Å². The molecule has 5 nitrogen and oxygen atoms in total. The lowest BCUT2D eigenvalue weighted by molar-refractivity contribution is -0.121. The Labute approximate surface area is 132 Å². The van der Waals surface area contributed by atoms with Crippen molar-refractivity contribution in [3.05, 3.63) is 53.6 Å². The number of hydrogen-bond acceptors (Lipinski definition) is 4. The summed E-state index contributed by atoms with van der Waals surface area (Å²) in [6.45, 7) is 0. The SMILES string of the molecule is O=C1CC(Nc2cccc(Cl)c2)C(=O)N1c1ccc(O)cc1. The maximum atomic E-state index is 12.4. The molecule has 2 N–H and O–H groups in total. The summed E-state index contributed by atoms with van der Waals surface area (Å²) in [5, 5.41) is 12.9. The number of carbonyl (C=O) groups excluding carboxylic acids is 2. The largest absolute Gasteiger partial charge is 0.508 e. The van der Waals surface area contributed by atoms with Gasteiger partial charge < -0.3 is 10.4 Å². The first kappa shape index (κ1) is 14.4. The van der Waals surface area contributed by atoms with E-state index in [0.29, 0.717) is 16.4 Å². The minimum absolute atomic E-state index is 0.0756. The summed E-state index contributed by atoms with van der Waals surface area (Å²) in [7, 11) is 0. The molecular formula is C16H13ClN2O3. The van der Waals surface area contributed by atoms with Crippen LogP contribution in [0.25, 0.3) is 0 Å². The van der Waals surface area contributed by atoms with Crippen LogP contribution >= 0.6 is 11.6 Å². The molecule has 1 aliphatic rings. The number of imide groups is 1. The average Bonchev–Trinajstić information content (AvgIpc) is 2.75. The molecule has 6 heteroatoms. The van der Waals surface area contributed by atoms with Gasteiger partial charge in [-0.1, -0.05) is 17.7 Å². The van der Waals surface area contributed by atoms with E-state index in [1.54, 1.807) is 24.3 Å². The van der Waals surface area contributed by atoms with Crippen molar-refractivity contribution in [2.45, 2.75) is 12.5 Å². The molecule has 1 fully saturated rings. The van der Waals surface area contributed by atoms with Gasteiger partial charge in [0.1, 0.15) is 11.8 Å². The molecule has 2 amide bonds. The third-order valence-corrected chi connectivity index (χ3v) is 3.66. The first-order valence-corrected chi connectivity index (χ1v) is 7.10. The molecule has 2 aromatic carbocycles. The van der Waals surface area contributed by atoms with Crippen molar-refractivity contribution in [3.8, 4) is 5.75 Å². The molecule has 1 saturated heterocycles. The summed E-state index contributed by atoms with van der Waals surface area (Å²) >= 11 is 5.91. The molecule has 1 heterocycles. The Morgan fingerprint density at radius 1 is 1.14 bits per heavy atom. The second kappa shape index (κ2) is 5.69. The van der Waals surface area contributed by atoms with E-state index in [2.05, 4.69) is 5.32 Å². The van der Waals surface area contributed by atoms with Gasteiger partial charge in [0.05, 0.1) is 12.1 Å². The smallest absolute Gasteiger partial charge is 0.256 e. The second-order valence-corrected chi connectivity index (χ2v) is 5.43. The van der Waals surface area contributed by atoms with E-state index >= 15 is 0 Å². The van der Waals surface area contributed by atoms with Crippen molar-refractivity contribution in [1.82, 2.24) is 0 Å². The Bertz CT molecular complexity index is 730. The summed E-state index contributed by atoms with van der Waals surface area (Å²) in [4.78, 5) is 25.7. The van der Waals surface area contributed by atoms with Crippen molar-refractivity contribution in [1.29, 1.82) is 0 Å². The summed E-state index contributed by atoms with van der Waals surface area (Å²) in [6.07, 6.45) is 0.0756. The monoisotopic (exact) mass is 316 g/mol. The van der Waals surface area contributed by atoms with E-state index in [1.165, 1.54) is 24.3 Å². The standard InChI is InChI=1S/C16H13ClN2O3/c17-10-2-1-3-11(8-10)18-14-9-15(21)19(16(14)22)12-4-6-13(20)7-5-12/h1-8,14,18,20H,9H2. The number of anilines is 2. The molecule has 0 saturated carbocycles. The zero-order valence-electron chi connectivity index (χ0n) is 11.5. The van der Waals surface area contributed by atoms with Crippen molar-refractivity contribution >= 4 is 34.8 Å². The number of aromatic hydroxyl groups is 1. The quantitative estimate of drug-likeness (QED) is 0.854. The number of benzene rings is 2. The van der Waals surface area contributed by atoms with Crippen LogP contribution in [0.2, 0.25) is 5.02 Å². The van der Waals surface area contributed by atoms with Crippen LogP contribution in [0.15, 0.2) is 48.5 Å². The van der Waals surface area contributed by atoms with Gasteiger partial charge >= 0.3 is 0 Å². The van der Waals surface area contributed by atoms with E-state index in [4.69, 9.17) is 11.6 Å². The van der Waals surface area contributed by atoms with Crippen LogP contribution in [-0.4, -0.2) is 23.0 Å². The Kier molecular flexibility index (Phi) is 3.73. The molecule has 0 bridgehead atoms. The molecule has 112 valence electrons. The van der Waals surface area contributed by atoms with E-state index in [0.717, 1.165) is 4.90 Å². The van der Waals surface area contributed by atoms with Crippen molar-refractivity contribution < 1.29 is 14.7 Å². The molecule has 3 rings (SSSR count). The normalized spacial score (nSPS) is 17.9. The van der Waals surface area contributed by atoms with Gasteiger partial charge in [0.2, 0.25) is 5.91 Å². The maximum absolute atomic E-state index is 12.4. The Balaban J connectivity index is 1.81. The summed E-state index contributed by atoms with van der Waals surface area (Å²) < 4.78 is 0. The fourth-order valence-electron chi connectivity index (χ4n) is 2.40. The van der Waals surface area contributed by atoms with Gasteiger partial charge in [-0.25, -0.2) is 4.90 Å². The average molecular weight is 317 g/mol. The highest BCUT2D eigenvalue weighted by molar-refractivity contribution is 6.30. The molecule has 1 atom stereocenters. The molecule has 1 unspecified atom stereocenters. The van der Waals surface area contributed by atoms with Crippen LogP contribution < -0.4 is 10.2 Å². The van der Waals surface area contributed by atoms with Crippen LogP contribution in [0.4, 0.5) is 11.4 Å². The van der Waals surface area contributed by atoms with E-state index in [-0.39, 0.29) is 24.0 Å². The Morgan fingerprint density at radius 3 is 2.55 bits per heavy atom. The Morgan fingerprint density at radius 2 is 1.86 bits per heavy atom. The number of nitrogens with zero attached hydrogens (tertiary/aromatic N) is 1. The highest BCUT2D eigenvalue weighted by Gasteiger charge is 2.39. The van der Waals surface area contributed by atoms with Gasteiger partial charge in [-0.05, 0) is 42.5 Å². The molecule has 2 aromatic rings. The van der Waals surface area contributed by atoms with Crippen molar-refractivity contribution in [2.24, 2.45) is 0 Å². The van der Waals surface area contributed by atoms with Gasteiger partial charge in [0, 0.05) is 10.7 Å². The van der Waals surface area contributed by atoms with Crippen molar-refractivity contribution in [2.75, 3.05) is 10.2 Å². The van der Waals surface area contributed by atoms with Gasteiger partial charge in [0.25, 0.3) is 5.91 Å². The summed E-state index contributed by atoms with van der Waals surface area (Å²) in [5.74, 6) is -0.526. The van der Waals surface area contributed by atoms with Crippen molar-refractivity contribution in [3.63, 3.8) is 0 Å².